The first kappa shape index (κ1) is 14.0. The summed E-state index contributed by atoms with van der Waals surface area (Å²) in [6.45, 7) is 0.558. The molecule has 102 valence electrons. The summed E-state index contributed by atoms with van der Waals surface area (Å²) in [5, 5.41) is 8.66. The quantitative estimate of drug-likeness (QED) is 0.841. The van der Waals surface area contributed by atoms with Crippen LogP contribution in [0.2, 0.25) is 0 Å². The molecule has 0 bridgehead atoms. The number of nitriles is 1. The molecule has 1 fully saturated rings. The maximum absolute atomic E-state index is 12.3. The van der Waals surface area contributed by atoms with Crippen molar-refractivity contribution < 1.29 is 8.42 Å². The molecule has 0 spiro atoms. The Morgan fingerprint density at radius 3 is 2.63 bits per heavy atom. The van der Waals surface area contributed by atoms with Gasteiger partial charge in [0.15, 0.2) is 0 Å². The first-order valence-corrected chi connectivity index (χ1v) is 7.80. The van der Waals surface area contributed by atoms with Crippen LogP contribution in [0.3, 0.4) is 0 Å². The van der Waals surface area contributed by atoms with Crippen molar-refractivity contribution in [3.05, 3.63) is 24.0 Å². The number of hydrogen-bond acceptors (Lipinski definition) is 4. The van der Waals surface area contributed by atoms with E-state index in [1.165, 1.54) is 35.5 Å². The van der Waals surface area contributed by atoms with Gasteiger partial charge < -0.3 is 0 Å². The zero-order chi connectivity index (χ0) is 13.9. The molecule has 0 aliphatic heterocycles. The fourth-order valence-electron chi connectivity index (χ4n) is 2.43. The van der Waals surface area contributed by atoms with Crippen LogP contribution in [-0.4, -0.2) is 31.3 Å². The highest BCUT2D eigenvalue weighted by Gasteiger charge is 2.25. The normalized spacial score (nSPS) is 16.7. The number of nitrogens with zero attached hydrogens (tertiary/aromatic N) is 3. The van der Waals surface area contributed by atoms with Crippen molar-refractivity contribution in [1.29, 1.82) is 5.26 Å². The van der Waals surface area contributed by atoms with Gasteiger partial charge in [0.25, 0.3) is 0 Å². The third-order valence-corrected chi connectivity index (χ3v) is 5.36. The minimum absolute atomic E-state index is 0.145. The Morgan fingerprint density at radius 2 is 2.11 bits per heavy atom. The monoisotopic (exact) mass is 279 g/mol. The number of aromatic nitrogens is 1. The molecule has 0 atom stereocenters. The number of rotatable bonds is 4. The van der Waals surface area contributed by atoms with E-state index in [9.17, 15) is 8.42 Å². The molecule has 0 amide bonds. The van der Waals surface area contributed by atoms with Crippen LogP contribution in [-0.2, 0) is 10.0 Å². The molecule has 1 saturated carbocycles. The number of hydrogen-bond donors (Lipinski definition) is 0. The smallest absolute Gasteiger partial charge is 0.244 e. The van der Waals surface area contributed by atoms with Crippen molar-refractivity contribution in [3.63, 3.8) is 0 Å². The highest BCUT2D eigenvalue weighted by atomic mass is 32.2. The van der Waals surface area contributed by atoms with E-state index in [-0.39, 0.29) is 10.6 Å². The number of pyridine rings is 1. The van der Waals surface area contributed by atoms with Crippen LogP contribution >= 0.6 is 0 Å². The van der Waals surface area contributed by atoms with E-state index in [1.807, 2.05) is 6.07 Å². The van der Waals surface area contributed by atoms with Gasteiger partial charge in [0.1, 0.15) is 16.7 Å². The molecule has 0 saturated heterocycles. The van der Waals surface area contributed by atoms with Crippen molar-refractivity contribution in [2.24, 2.45) is 5.92 Å². The van der Waals surface area contributed by atoms with Crippen molar-refractivity contribution in [1.82, 2.24) is 9.29 Å². The Labute approximate surface area is 113 Å². The van der Waals surface area contributed by atoms with Crippen LogP contribution in [0.15, 0.2) is 23.2 Å². The molecular weight excluding hydrogens is 262 g/mol. The molecule has 6 heteroatoms. The van der Waals surface area contributed by atoms with Crippen LogP contribution in [0.1, 0.15) is 31.4 Å². The summed E-state index contributed by atoms with van der Waals surface area (Å²) < 4.78 is 26.0. The minimum Gasteiger partial charge on any atom is -0.244 e. The maximum atomic E-state index is 12.3. The van der Waals surface area contributed by atoms with Crippen LogP contribution in [0, 0.1) is 17.2 Å². The lowest BCUT2D eigenvalue weighted by Gasteiger charge is -2.20. The zero-order valence-electron chi connectivity index (χ0n) is 10.9. The third-order valence-electron chi connectivity index (χ3n) is 3.55. The van der Waals surface area contributed by atoms with Gasteiger partial charge >= 0.3 is 0 Å². The van der Waals surface area contributed by atoms with E-state index in [0.717, 1.165) is 12.8 Å². The molecule has 5 nitrogen and oxygen atoms in total. The average Bonchev–Trinajstić information content (AvgIpc) is 2.91. The van der Waals surface area contributed by atoms with Gasteiger partial charge in [-0.05, 0) is 30.9 Å². The van der Waals surface area contributed by atoms with E-state index in [2.05, 4.69) is 4.98 Å². The largest absolute Gasteiger partial charge is 0.244 e. The van der Waals surface area contributed by atoms with Gasteiger partial charge in [-0.25, -0.2) is 17.7 Å². The third kappa shape index (κ3) is 3.11. The van der Waals surface area contributed by atoms with Crippen LogP contribution in [0.4, 0.5) is 0 Å². The molecular formula is C13H17N3O2S. The maximum Gasteiger partial charge on any atom is 0.244 e. The SMILES string of the molecule is CN(CC1CCCC1)S(=O)(=O)c1ccc(C#N)nc1. The second kappa shape index (κ2) is 5.68. The predicted octanol–water partition coefficient (Wildman–Crippen LogP) is 1.76. The summed E-state index contributed by atoms with van der Waals surface area (Å²) in [6, 6.07) is 4.74. The molecule has 0 radical (unpaired) electrons. The zero-order valence-corrected chi connectivity index (χ0v) is 11.7. The molecule has 0 N–H and O–H groups in total. The van der Waals surface area contributed by atoms with Gasteiger partial charge in [0, 0.05) is 19.8 Å². The second-order valence-electron chi connectivity index (χ2n) is 4.93. The fraction of sp³-hybridized carbons (Fsp3) is 0.538. The molecule has 1 heterocycles. The van der Waals surface area contributed by atoms with Crippen molar-refractivity contribution in [3.8, 4) is 6.07 Å². The lowest BCUT2D eigenvalue weighted by Crippen LogP contribution is -2.31. The first-order valence-electron chi connectivity index (χ1n) is 6.36. The Bertz CT molecular complexity index is 569. The van der Waals surface area contributed by atoms with E-state index in [0.29, 0.717) is 12.5 Å². The van der Waals surface area contributed by atoms with Gasteiger partial charge in [0.05, 0.1) is 0 Å². The predicted molar refractivity (Wildman–Crippen MR) is 70.7 cm³/mol. The lowest BCUT2D eigenvalue weighted by molar-refractivity contribution is 0.387. The summed E-state index contributed by atoms with van der Waals surface area (Å²) in [4.78, 5) is 3.96. The second-order valence-corrected chi connectivity index (χ2v) is 6.97. The van der Waals surface area contributed by atoms with Crippen molar-refractivity contribution in [2.75, 3.05) is 13.6 Å². The Hall–Kier alpha value is -1.45. The highest BCUT2D eigenvalue weighted by molar-refractivity contribution is 7.89. The summed E-state index contributed by atoms with van der Waals surface area (Å²) in [6.07, 6.45) is 5.84. The van der Waals surface area contributed by atoms with E-state index in [1.54, 1.807) is 7.05 Å². The summed E-state index contributed by atoms with van der Waals surface area (Å²) in [5.41, 5.74) is 0.220. The number of sulfonamides is 1. The van der Waals surface area contributed by atoms with Crippen LogP contribution in [0.25, 0.3) is 0 Å². The molecule has 2 rings (SSSR count). The topological polar surface area (TPSA) is 74.1 Å². The first-order chi connectivity index (χ1) is 9.04. The van der Waals surface area contributed by atoms with Crippen LogP contribution in [0.5, 0.6) is 0 Å². The van der Waals surface area contributed by atoms with Crippen LogP contribution < -0.4 is 0 Å². The van der Waals surface area contributed by atoms with E-state index >= 15 is 0 Å². The molecule has 19 heavy (non-hydrogen) atoms. The summed E-state index contributed by atoms with van der Waals surface area (Å²) in [5.74, 6) is 0.464. The molecule has 1 aliphatic carbocycles. The lowest BCUT2D eigenvalue weighted by atomic mass is 10.1. The fourth-order valence-corrected chi connectivity index (χ4v) is 3.63. The molecule has 1 aromatic heterocycles. The average molecular weight is 279 g/mol. The Morgan fingerprint density at radius 1 is 1.42 bits per heavy atom. The molecule has 1 aliphatic rings. The van der Waals surface area contributed by atoms with Gasteiger partial charge in [-0.2, -0.15) is 5.26 Å². The van der Waals surface area contributed by atoms with Crippen molar-refractivity contribution >= 4 is 10.0 Å². The van der Waals surface area contributed by atoms with Gasteiger partial charge in [-0.3, -0.25) is 0 Å². The van der Waals surface area contributed by atoms with E-state index in [4.69, 9.17) is 5.26 Å². The molecule has 1 aromatic rings. The minimum atomic E-state index is -3.49. The van der Waals surface area contributed by atoms with E-state index < -0.39 is 10.0 Å². The Balaban J connectivity index is 2.13. The van der Waals surface area contributed by atoms with Gasteiger partial charge in [-0.1, -0.05) is 12.8 Å². The highest BCUT2D eigenvalue weighted by Crippen LogP contribution is 2.26. The Kier molecular flexibility index (Phi) is 4.17. The molecule has 0 aromatic carbocycles. The van der Waals surface area contributed by atoms with Crippen molar-refractivity contribution in [2.45, 2.75) is 30.6 Å². The summed E-state index contributed by atoms with van der Waals surface area (Å²) >= 11 is 0. The van der Waals surface area contributed by atoms with Gasteiger partial charge in [-0.15, -0.1) is 0 Å². The summed E-state index contributed by atoms with van der Waals surface area (Å²) in [7, 11) is -1.89. The standard InChI is InChI=1S/C13H17N3O2S/c1-16(10-11-4-2-3-5-11)19(17,18)13-7-6-12(8-14)15-9-13/h6-7,9,11H,2-5,10H2,1H3. The molecule has 0 unspecified atom stereocenters. The van der Waals surface area contributed by atoms with Gasteiger partial charge in [0.2, 0.25) is 10.0 Å².